The van der Waals surface area contributed by atoms with E-state index in [2.05, 4.69) is 15.3 Å². The first-order valence-electron chi connectivity index (χ1n) is 7.91. The summed E-state index contributed by atoms with van der Waals surface area (Å²) in [6, 6.07) is 8.88. The number of benzene rings is 1. The van der Waals surface area contributed by atoms with Crippen LogP contribution in [0.4, 0.5) is 18.9 Å². The quantitative estimate of drug-likeness (QED) is 0.644. The largest absolute Gasteiger partial charge is 0.490 e. The SMILES string of the molecule is NC(=NCc1cccc(C(F)(F)F)n1)Nc1ccc2c(c1)OCCCO2. The Morgan fingerprint density at radius 1 is 1.15 bits per heavy atom. The van der Waals surface area contributed by atoms with Crippen LogP contribution in [0.2, 0.25) is 0 Å². The number of rotatable bonds is 3. The number of anilines is 1. The van der Waals surface area contributed by atoms with Crippen LogP contribution < -0.4 is 20.5 Å². The van der Waals surface area contributed by atoms with Crippen molar-refractivity contribution in [1.82, 2.24) is 4.98 Å². The molecule has 138 valence electrons. The van der Waals surface area contributed by atoms with Gasteiger partial charge in [-0.1, -0.05) is 6.07 Å². The summed E-state index contributed by atoms with van der Waals surface area (Å²) in [7, 11) is 0. The molecule has 3 rings (SSSR count). The minimum absolute atomic E-state index is 0.0544. The second-order valence-corrected chi connectivity index (χ2v) is 5.55. The van der Waals surface area contributed by atoms with Crippen molar-refractivity contribution in [2.45, 2.75) is 19.1 Å². The van der Waals surface area contributed by atoms with Gasteiger partial charge in [-0.3, -0.25) is 0 Å². The molecule has 6 nitrogen and oxygen atoms in total. The molecule has 0 saturated carbocycles. The molecule has 1 aromatic heterocycles. The van der Waals surface area contributed by atoms with Crippen LogP contribution in [0.15, 0.2) is 41.4 Å². The molecule has 0 spiro atoms. The summed E-state index contributed by atoms with van der Waals surface area (Å²) < 4.78 is 49.1. The molecule has 0 aliphatic carbocycles. The van der Waals surface area contributed by atoms with Gasteiger partial charge in [0.05, 0.1) is 25.5 Å². The van der Waals surface area contributed by atoms with Gasteiger partial charge in [-0.25, -0.2) is 9.98 Å². The predicted octanol–water partition coefficient (Wildman–Crippen LogP) is 3.19. The van der Waals surface area contributed by atoms with Crippen molar-refractivity contribution in [2.75, 3.05) is 18.5 Å². The maximum atomic E-state index is 12.7. The van der Waals surface area contributed by atoms with Crippen molar-refractivity contribution in [1.29, 1.82) is 0 Å². The molecule has 0 radical (unpaired) electrons. The summed E-state index contributed by atoms with van der Waals surface area (Å²) in [5, 5.41) is 2.87. The number of nitrogens with two attached hydrogens (primary N) is 1. The van der Waals surface area contributed by atoms with Crippen molar-refractivity contribution in [3.63, 3.8) is 0 Å². The van der Waals surface area contributed by atoms with Crippen LogP contribution in [-0.2, 0) is 12.7 Å². The number of guanidine groups is 1. The lowest BCUT2D eigenvalue weighted by atomic mass is 10.2. The number of hydrogen-bond donors (Lipinski definition) is 2. The van der Waals surface area contributed by atoms with Gasteiger partial charge in [0.15, 0.2) is 17.5 Å². The van der Waals surface area contributed by atoms with Crippen molar-refractivity contribution < 1.29 is 22.6 Å². The fraction of sp³-hybridized carbons (Fsp3) is 0.294. The van der Waals surface area contributed by atoms with E-state index in [9.17, 15) is 13.2 Å². The first-order chi connectivity index (χ1) is 12.4. The fourth-order valence-electron chi connectivity index (χ4n) is 2.32. The molecule has 0 amide bonds. The third-order valence-electron chi connectivity index (χ3n) is 3.53. The van der Waals surface area contributed by atoms with E-state index in [0.29, 0.717) is 30.4 Å². The van der Waals surface area contributed by atoms with Gasteiger partial charge in [0.1, 0.15) is 5.69 Å². The summed E-state index contributed by atoms with van der Waals surface area (Å²) in [6.07, 6.45) is -3.70. The van der Waals surface area contributed by atoms with E-state index in [4.69, 9.17) is 15.2 Å². The molecule has 3 N–H and O–H groups in total. The number of ether oxygens (including phenoxy) is 2. The van der Waals surface area contributed by atoms with Crippen molar-refractivity contribution >= 4 is 11.6 Å². The van der Waals surface area contributed by atoms with Gasteiger partial charge >= 0.3 is 6.18 Å². The molecule has 0 bridgehead atoms. The zero-order chi connectivity index (χ0) is 18.6. The minimum atomic E-state index is -4.49. The van der Waals surface area contributed by atoms with E-state index in [1.807, 2.05) is 0 Å². The standard InChI is InChI=1S/C17H17F3N4O2/c18-17(19,20)15-4-1-3-12(23-15)10-22-16(21)24-11-5-6-13-14(9-11)26-8-2-7-25-13/h1,3-6,9H,2,7-8,10H2,(H3,21,22,24). The number of pyridine rings is 1. The number of fused-ring (bicyclic) bond motifs is 1. The Morgan fingerprint density at radius 3 is 2.69 bits per heavy atom. The van der Waals surface area contributed by atoms with Crippen molar-refractivity contribution in [3.8, 4) is 11.5 Å². The number of hydrogen-bond acceptors (Lipinski definition) is 4. The molecule has 0 fully saturated rings. The molecule has 26 heavy (non-hydrogen) atoms. The molecule has 2 heterocycles. The molecular formula is C17H17F3N4O2. The Morgan fingerprint density at radius 2 is 1.92 bits per heavy atom. The van der Waals surface area contributed by atoms with Crippen LogP contribution in [0.25, 0.3) is 0 Å². The highest BCUT2D eigenvalue weighted by molar-refractivity contribution is 5.92. The highest BCUT2D eigenvalue weighted by Crippen LogP contribution is 2.32. The normalized spacial score (nSPS) is 14.7. The fourth-order valence-corrected chi connectivity index (χ4v) is 2.32. The molecule has 9 heteroatoms. The third-order valence-corrected chi connectivity index (χ3v) is 3.53. The van der Waals surface area contributed by atoms with Gasteiger partial charge < -0.3 is 20.5 Å². The summed E-state index contributed by atoms with van der Waals surface area (Å²) in [6.45, 7) is 1.07. The van der Waals surface area contributed by atoms with Crippen LogP contribution in [0.1, 0.15) is 17.8 Å². The second-order valence-electron chi connectivity index (χ2n) is 5.55. The highest BCUT2D eigenvalue weighted by Gasteiger charge is 2.32. The lowest BCUT2D eigenvalue weighted by Crippen LogP contribution is -2.22. The lowest BCUT2D eigenvalue weighted by Gasteiger charge is -2.11. The molecule has 0 atom stereocenters. The van der Waals surface area contributed by atoms with Crippen LogP contribution in [0.5, 0.6) is 11.5 Å². The third kappa shape index (κ3) is 4.56. The van der Waals surface area contributed by atoms with Gasteiger partial charge in [0.25, 0.3) is 0 Å². The topological polar surface area (TPSA) is 81.8 Å². The number of alkyl halides is 3. The lowest BCUT2D eigenvalue weighted by molar-refractivity contribution is -0.141. The maximum Gasteiger partial charge on any atom is 0.433 e. The smallest absolute Gasteiger partial charge is 0.433 e. The Balaban J connectivity index is 1.67. The molecule has 2 aromatic rings. The van der Waals surface area contributed by atoms with Gasteiger partial charge in [0.2, 0.25) is 0 Å². The number of halogens is 3. The van der Waals surface area contributed by atoms with Crippen molar-refractivity contribution in [3.05, 3.63) is 47.8 Å². The number of aromatic nitrogens is 1. The summed E-state index contributed by atoms with van der Waals surface area (Å²) in [5.74, 6) is 1.30. The summed E-state index contributed by atoms with van der Waals surface area (Å²) in [5.41, 5.74) is 5.64. The molecule has 1 aromatic carbocycles. The van der Waals surface area contributed by atoms with Crippen LogP contribution >= 0.6 is 0 Å². The van der Waals surface area contributed by atoms with Crippen LogP contribution in [0.3, 0.4) is 0 Å². The maximum absolute atomic E-state index is 12.7. The van der Waals surface area contributed by atoms with Gasteiger partial charge in [0, 0.05) is 18.2 Å². The zero-order valence-corrected chi connectivity index (χ0v) is 13.7. The monoisotopic (exact) mass is 366 g/mol. The average molecular weight is 366 g/mol. The summed E-state index contributed by atoms with van der Waals surface area (Å²) >= 11 is 0. The van der Waals surface area contributed by atoms with E-state index >= 15 is 0 Å². The Labute approximate surface area is 147 Å². The molecule has 1 aliphatic rings. The van der Waals surface area contributed by atoms with E-state index in [0.717, 1.165) is 12.5 Å². The van der Waals surface area contributed by atoms with Gasteiger partial charge in [-0.2, -0.15) is 13.2 Å². The van der Waals surface area contributed by atoms with Crippen LogP contribution in [0, 0.1) is 0 Å². The molecular weight excluding hydrogens is 349 g/mol. The predicted molar refractivity (Wildman–Crippen MR) is 90.2 cm³/mol. The number of nitrogens with one attached hydrogen (secondary N) is 1. The molecule has 0 unspecified atom stereocenters. The second kappa shape index (κ2) is 7.51. The first-order valence-corrected chi connectivity index (χ1v) is 7.91. The van der Waals surface area contributed by atoms with Gasteiger partial charge in [-0.05, 0) is 24.3 Å². The van der Waals surface area contributed by atoms with E-state index < -0.39 is 11.9 Å². The van der Waals surface area contributed by atoms with Gasteiger partial charge in [-0.15, -0.1) is 0 Å². The van der Waals surface area contributed by atoms with E-state index in [1.165, 1.54) is 12.1 Å². The molecule has 1 aliphatic heterocycles. The number of nitrogens with zero attached hydrogens (tertiary/aromatic N) is 2. The van der Waals surface area contributed by atoms with E-state index in [-0.39, 0.29) is 18.2 Å². The first kappa shape index (κ1) is 17.8. The molecule has 0 saturated heterocycles. The highest BCUT2D eigenvalue weighted by atomic mass is 19.4. The Hall–Kier alpha value is -2.97. The minimum Gasteiger partial charge on any atom is -0.490 e. The average Bonchev–Trinajstić information content (AvgIpc) is 2.84. The van der Waals surface area contributed by atoms with E-state index in [1.54, 1.807) is 18.2 Å². The Bertz CT molecular complexity index is 809. The Kier molecular flexibility index (Phi) is 5.15. The number of aliphatic imine (C=N–C) groups is 1. The zero-order valence-electron chi connectivity index (χ0n) is 13.7. The van der Waals surface area contributed by atoms with Crippen molar-refractivity contribution in [2.24, 2.45) is 10.7 Å². The summed E-state index contributed by atoms with van der Waals surface area (Å²) in [4.78, 5) is 7.56. The van der Waals surface area contributed by atoms with Crippen LogP contribution in [-0.4, -0.2) is 24.2 Å².